The van der Waals surface area contributed by atoms with Crippen molar-refractivity contribution in [1.29, 1.82) is 0 Å². The molecule has 2 atom stereocenters. The van der Waals surface area contributed by atoms with Gasteiger partial charge in [0.1, 0.15) is 18.2 Å². The predicted molar refractivity (Wildman–Crippen MR) is 162 cm³/mol. The molecular formula is C31H48FN3O5S. The van der Waals surface area contributed by atoms with Crippen molar-refractivity contribution in [1.82, 2.24) is 14.9 Å². The molecule has 8 nitrogen and oxygen atoms in total. The van der Waals surface area contributed by atoms with Crippen LogP contribution >= 0.6 is 0 Å². The minimum atomic E-state index is -3.59. The first kappa shape index (κ1) is 34.7. The largest absolute Gasteiger partial charge is 0.489 e. The lowest BCUT2D eigenvalue weighted by atomic mass is 10.00. The minimum absolute atomic E-state index is 0.142. The van der Waals surface area contributed by atoms with E-state index in [0.717, 1.165) is 12.0 Å². The molecule has 2 aromatic rings. The molecule has 0 unspecified atom stereocenters. The number of aliphatic hydroxyl groups is 1. The van der Waals surface area contributed by atoms with Gasteiger partial charge in [0, 0.05) is 32.1 Å². The van der Waals surface area contributed by atoms with Crippen LogP contribution in [0.1, 0.15) is 64.5 Å². The summed E-state index contributed by atoms with van der Waals surface area (Å²) in [5.74, 6) is -0.441. The summed E-state index contributed by atoms with van der Waals surface area (Å²) in [5, 5.41) is 17.0. The lowest BCUT2D eigenvalue weighted by Crippen LogP contribution is -2.49. The molecule has 2 aromatic carbocycles. The average Bonchev–Trinajstić information content (AvgIpc) is 2.93. The first-order valence-corrected chi connectivity index (χ1v) is 16.3. The van der Waals surface area contributed by atoms with Crippen molar-refractivity contribution in [2.45, 2.75) is 78.6 Å². The van der Waals surface area contributed by atoms with Crippen molar-refractivity contribution >= 4 is 15.9 Å². The molecule has 0 saturated carbocycles. The number of sulfonamides is 1. The summed E-state index contributed by atoms with van der Waals surface area (Å²) in [6.07, 6.45) is 1.24. The average molecular weight is 594 g/mol. The van der Waals surface area contributed by atoms with Crippen molar-refractivity contribution in [3.8, 4) is 5.75 Å². The molecule has 0 saturated heterocycles. The van der Waals surface area contributed by atoms with Gasteiger partial charge < -0.3 is 20.5 Å². The Balaban J connectivity index is 2.12. The van der Waals surface area contributed by atoms with Crippen LogP contribution in [0.4, 0.5) is 4.39 Å². The number of amides is 1. The number of carbonyl (C=O) groups excluding carboxylic acids is 1. The molecule has 0 aliphatic heterocycles. The molecule has 0 heterocycles. The molecule has 0 fully saturated rings. The second-order valence-corrected chi connectivity index (χ2v) is 13.0. The lowest BCUT2D eigenvalue weighted by Gasteiger charge is -2.26. The zero-order chi connectivity index (χ0) is 30.3. The number of rotatable bonds is 20. The number of hydrogen-bond acceptors (Lipinski definition) is 6. The van der Waals surface area contributed by atoms with Crippen LogP contribution in [0.3, 0.4) is 0 Å². The second kappa shape index (κ2) is 18.1. The van der Waals surface area contributed by atoms with Gasteiger partial charge in [-0.05, 0) is 61.4 Å². The smallest absolute Gasteiger partial charge is 0.221 e. The highest BCUT2D eigenvalue weighted by atomic mass is 32.2. The number of carbonyl (C=O) groups is 1. The Bertz CT molecular complexity index is 1140. The Kier molecular flexibility index (Phi) is 15.3. The second-order valence-electron chi connectivity index (χ2n) is 10.9. The molecule has 0 aromatic heterocycles. The number of ether oxygens (including phenoxy) is 1. The fourth-order valence-corrected chi connectivity index (χ4v) is 6.02. The Morgan fingerprint density at radius 2 is 1.73 bits per heavy atom. The van der Waals surface area contributed by atoms with E-state index in [1.807, 2.05) is 44.2 Å². The van der Waals surface area contributed by atoms with Crippen molar-refractivity contribution < 1.29 is 27.4 Å². The van der Waals surface area contributed by atoms with Gasteiger partial charge in [0.25, 0.3) is 0 Å². The normalized spacial score (nSPS) is 13.4. The minimum Gasteiger partial charge on any atom is -0.489 e. The summed E-state index contributed by atoms with van der Waals surface area (Å²) in [4.78, 5) is 12.9. The number of aliphatic hydroxyl groups excluding tert-OH is 1. The molecule has 3 N–H and O–H groups in total. The number of nitrogens with zero attached hydrogens (tertiary/aromatic N) is 1. The van der Waals surface area contributed by atoms with E-state index >= 15 is 0 Å². The van der Waals surface area contributed by atoms with E-state index in [1.165, 1.54) is 16.4 Å². The Hall–Kier alpha value is -2.53. The Morgan fingerprint density at radius 3 is 2.37 bits per heavy atom. The number of hydrogen-bond donors (Lipinski definition) is 3. The van der Waals surface area contributed by atoms with Crippen LogP contribution in [0.15, 0.2) is 48.5 Å². The van der Waals surface area contributed by atoms with Crippen LogP contribution in [0.25, 0.3) is 0 Å². The molecule has 41 heavy (non-hydrogen) atoms. The van der Waals surface area contributed by atoms with Crippen LogP contribution < -0.4 is 15.4 Å². The van der Waals surface area contributed by atoms with Crippen LogP contribution in [0, 0.1) is 11.7 Å². The third-order valence-corrected chi connectivity index (χ3v) is 8.50. The summed E-state index contributed by atoms with van der Waals surface area (Å²) in [6.45, 7) is 10.1. The molecule has 230 valence electrons. The van der Waals surface area contributed by atoms with Gasteiger partial charge in [-0.15, -0.1) is 0 Å². The van der Waals surface area contributed by atoms with Crippen molar-refractivity contribution in [3.63, 3.8) is 0 Å². The molecule has 0 spiro atoms. The summed E-state index contributed by atoms with van der Waals surface area (Å²) < 4.78 is 47.4. The lowest BCUT2D eigenvalue weighted by molar-refractivity contribution is -0.122. The maximum atomic E-state index is 14.5. The van der Waals surface area contributed by atoms with E-state index in [2.05, 4.69) is 24.5 Å². The number of benzene rings is 2. The Morgan fingerprint density at radius 1 is 1.05 bits per heavy atom. The molecule has 10 heteroatoms. The Labute approximate surface area is 245 Å². The van der Waals surface area contributed by atoms with Crippen LogP contribution in [0.5, 0.6) is 5.75 Å². The van der Waals surface area contributed by atoms with Crippen molar-refractivity contribution in [2.75, 3.05) is 31.9 Å². The number of nitrogens with one attached hydrogen (secondary N) is 2. The molecular weight excluding hydrogens is 545 g/mol. The van der Waals surface area contributed by atoms with Gasteiger partial charge in [0.05, 0.1) is 17.9 Å². The zero-order valence-corrected chi connectivity index (χ0v) is 25.8. The highest BCUT2D eigenvalue weighted by Gasteiger charge is 2.25. The van der Waals surface area contributed by atoms with Gasteiger partial charge in [0.15, 0.2) is 0 Å². The van der Waals surface area contributed by atoms with E-state index in [4.69, 9.17) is 4.74 Å². The van der Waals surface area contributed by atoms with Crippen molar-refractivity contribution in [2.24, 2.45) is 5.92 Å². The third-order valence-electron chi connectivity index (χ3n) is 6.62. The maximum absolute atomic E-state index is 14.5. The van der Waals surface area contributed by atoms with E-state index in [1.54, 1.807) is 6.07 Å². The van der Waals surface area contributed by atoms with E-state index in [0.29, 0.717) is 49.7 Å². The third kappa shape index (κ3) is 13.3. The summed E-state index contributed by atoms with van der Waals surface area (Å²) in [5.41, 5.74) is 1.49. The quantitative estimate of drug-likeness (QED) is 0.198. The van der Waals surface area contributed by atoms with Crippen LogP contribution in [-0.4, -0.2) is 67.8 Å². The van der Waals surface area contributed by atoms with Gasteiger partial charge in [-0.25, -0.2) is 17.1 Å². The van der Waals surface area contributed by atoms with E-state index < -0.39 is 33.9 Å². The number of halogens is 1. The highest BCUT2D eigenvalue weighted by Crippen LogP contribution is 2.20. The summed E-state index contributed by atoms with van der Waals surface area (Å²) >= 11 is 0. The first-order chi connectivity index (χ1) is 19.5. The van der Waals surface area contributed by atoms with Gasteiger partial charge in [-0.1, -0.05) is 58.0 Å². The molecule has 0 bridgehead atoms. The first-order valence-electron chi connectivity index (χ1n) is 14.7. The van der Waals surface area contributed by atoms with E-state index in [9.17, 15) is 22.7 Å². The van der Waals surface area contributed by atoms with Gasteiger partial charge in [-0.2, -0.15) is 0 Å². The van der Waals surface area contributed by atoms with Crippen LogP contribution in [-0.2, 0) is 27.8 Å². The molecule has 0 aliphatic rings. The molecule has 2 rings (SSSR count). The van der Waals surface area contributed by atoms with E-state index in [-0.39, 0.29) is 31.7 Å². The standard InChI is InChI=1S/C31H48FN3O5S/c1-5-15-35(16-6-2)41(38,39)17-13-31(37)34-29(30(36)22-33-14-12-24(3)4)20-26-18-27(32)21-28(19-26)40-23-25-10-8-7-9-11-25/h7-11,18-19,21,24,29-30,33,36H,5-6,12-17,20,22-23H2,1-4H3,(H,34,37)/t29-,30+/m0/s1. The fourth-order valence-electron chi connectivity index (χ4n) is 4.40. The fraction of sp³-hybridized carbons (Fsp3) is 0.581. The highest BCUT2D eigenvalue weighted by molar-refractivity contribution is 7.89. The summed E-state index contributed by atoms with van der Waals surface area (Å²) in [6, 6.07) is 13.1. The van der Waals surface area contributed by atoms with Crippen molar-refractivity contribution in [3.05, 3.63) is 65.5 Å². The molecule has 0 radical (unpaired) electrons. The van der Waals surface area contributed by atoms with Gasteiger partial charge in [-0.3, -0.25) is 4.79 Å². The zero-order valence-electron chi connectivity index (χ0n) is 24.9. The SMILES string of the molecule is CCCN(CCC)S(=O)(=O)CCC(=O)N[C@@H](Cc1cc(F)cc(OCc2ccccc2)c1)[C@H](O)CNCCC(C)C. The topological polar surface area (TPSA) is 108 Å². The summed E-state index contributed by atoms with van der Waals surface area (Å²) in [7, 11) is -3.59. The maximum Gasteiger partial charge on any atom is 0.221 e. The predicted octanol–water partition coefficient (Wildman–Crippen LogP) is 4.27. The van der Waals surface area contributed by atoms with Gasteiger partial charge >= 0.3 is 0 Å². The monoisotopic (exact) mass is 593 g/mol. The molecule has 0 aliphatic carbocycles. The van der Waals surface area contributed by atoms with Crippen LogP contribution in [0.2, 0.25) is 0 Å². The van der Waals surface area contributed by atoms with Gasteiger partial charge in [0.2, 0.25) is 15.9 Å². The molecule has 1 amide bonds.